The molecule has 1 aromatic carbocycles. The largest absolute Gasteiger partial charge is 0.334 e. The molecule has 142 valence electrons. The highest BCUT2D eigenvalue weighted by Crippen LogP contribution is 2.30. The van der Waals surface area contributed by atoms with Gasteiger partial charge in [-0.2, -0.15) is 0 Å². The zero-order valence-corrected chi connectivity index (χ0v) is 16.2. The van der Waals surface area contributed by atoms with E-state index >= 15 is 0 Å². The molecule has 0 amide bonds. The van der Waals surface area contributed by atoms with Crippen molar-refractivity contribution in [2.24, 2.45) is 4.99 Å². The lowest BCUT2D eigenvalue weighted by atomic mass is 10.1. The van der Waals surface area contributed by atoms with Crippen LogP contribution in [0.15, 0.2) is 46.8 Å². The summed E-state index contributed by atoms with van der Waals surface area (Å²) < 4.78 is 0. The van der Waals surface area contributed by atoms with Crippen LogP contribution in [-0.4, -0.2) is 33.8 Å². The number of hydrogen-bond acceptors (Lipinski definition) is 8. The lowest BCUT2D eigenvalue weighted by Crippen LogP contribution is -2.26. The van der Waals surface area contributed by atoms with Gasteiger partial charge in [-0.1, -0.05) is 12.1 Å². The van der Waals surface area contributed by atoms with Crippen LogP contribution < -0.4 is 10.2 Å². The molecule has 0 saturated heterocycles. The monoisotopic (exact) mass is 394 g/mol. The highest BCUT2D eigenvalue weighted by atomic mass is 32.1. The van der Waals surface area contributed by atoms with Crippen LogP contribution in [-0.2, 0) is 0 Å². The number of nitro groups is 1. The predicted octanol–water partition coefficient (Wildman–Crippen LogP) is 4.40. The minimum absolute atomic E-state index is 0.0725. The van der Waals surface area contributed by atoms with Gasteiger partial charge in [-0.3, -0.25) is 15.1 Å². The second-order valence-corrected chi connectivity index (χ2v) is 7.39. The topological polar surface area (TPSA) is 96.5 Å². The van der Waals surface area contributed by atoms with E-state index < -0.39 is 4.92 Å². The van der Waals surface area contributed by atoms with Crippen LogP contribution >= 0.6 is 11.3 Å². The Morgan fingerprint density at radius 3 is 2.54 bits per heavy atom. The number of aryl methyl sites for hydroxylation is 1. The standard InChI is InChI=1S/C19H18N6O2S/c1-12-20-9-10-24(12)18-8-7-17(25(26)27)19(23-18)22-15-5-3-14(4-6-15)16-11-28-13(2)21-16/h3-8,11H,9-10H2,1-2H3,(H,22,23). The third-order valence-electron chi connectivity index (χ3n) is 4.45. The zero-order valence-electron chi connectivity index (χ0n) is 15.4. The first-order valence-electron chi connectivity index (χ1n) is 8.75. The molecule has 0 unspecified atom stereocenters. The van der Waals surface area contributed by atoms with Gasteiger partial charge >= 0.3 is 5.69 Å². The molecule has 0 radical (unpaired) electrons. The molecule has 0 bridgehead atoms. The number of aromatic nitrogens is 2. The van der Waals surface area contributed by atoms with Crippen LogP contribution in [0, 0.1) is 17.0 Å². The number of pyridine rings is 1. The van der Waals surface area contributed by atoms with Crippen molar-refractivity contribution in [3.8, 4) is 11.3 Å². The van der Waals surface area contributed by atoms with E-state index in [2.05, 4.69) is 20.3 Å². The number of nitrogens with one attached hydrogen (secondary N) is 1. The van der Waals surface area contributed by atoms with E-state index in [-0.39, 0.29) is 11.5 Å². The molecule has 9 heteroatoms. The zero-order chi connectivity index (χ0) is 19.7. The molecule has 0 spiro atoms. The minimum Gasteiger partial charge on any atom is -0.334 e. The summed E-state index contributed by atoms with van der Waals surface area (Å²) in [7, 11) is 0. The molecule has 8 nitrogen and oxygen atoms in total. The van der Waals surface area contributed by atoms with Gasteiger partial charge in [0.2, 0.25) is 5.82 Å². The van der Waals surface area contributed by atoms with Crippen molar-refractivity contribution in [1.29, 1.82) is 0 Å². The van der Waals surface area contributed by atoms with Gasteiger partial charge in [-0.05, 0) is 32.0 Å². The molecular formula is C19H18N6O2S. The van der Waals surface area contributed by atoms with Crippen molar-refractivity contribution in [3.05, 3.63) is 56.9 Å². The smallest absolute Gasteiger partial charge is 0.311 e. The lowest BCUT2D eigenvalue weighted by molar-refractivity contribution is -0.384. The van der Waals surface area contributed by atoms with Crippen molar-refractivity contribution in [3.63, 3.8) is 0 Å². The maximum Gasteiger partial charge on any atom is 0.311 e. The summed E-state index contributed by atoms with van der Waals surface area (Å²) in [4.78, 5) is 26.3. The van der Waals surface area contributed by atoms with E-state index in [1.807, 2.05) is 48.4 Å². The van der Waals surface area contributed by atoms with E-state index in [1.54, 1.807) is 17.4 Å². The Morgan fingerprint density at radius 1 is 1.14 bits per heavy atom. The number of amidine groups is 1. The van der Waals surface area contributed by atoms with Crippen LogP contribution in [0.25, 0.3) is 11.3 Å². The normalized spacial score (nSPS) is 13.5. The third kappa shape index (κ3) is 3.56. The van der Waals surface area contributed by atoms with Crippen molar-refractivity contribution >= 4 is 40.2 Å². The number of aliphatic imine (C=N–C) groups is 1. The predicted molar refractivity (Wildman–Crippen MR) is 112 cm³/mol. The number of benzene rings is 1. The Morgan fingerprint density at radius 2 is 1.93 bits per heavy atom. The van der Waals surface area contributed by atoms with E-state index in [1.165, 1.54) is 6.07 Å². The molecule has 2 aromatic heterocycles. The maximum atomic E-state index is 11.4. The molecule has 1 aliphatic rings. The molecule has 1 N–H and O–H groups in total. The first-order chi connectivity index (χ1) is 13.5. The highest BCUT2D eigenvalue weighted by Gasteiger charge is 2.21. The maximum absolute atomic E-state index is 11.4. The average Bonchev–Trinajstić information content (AvgIpc) is 3.30. The van der Waals surface area contributed by atoms with Crippen LogP contribution in [0.4, 0.5) is 23.0 Å². The number of hydrogen-bond donors (Lipinski definition) is 1. The molecule has 4 rings (SSSR count). The highest BCUT2D eigenvalue weighted by molar-refractivity contribution is 7.09. The van der Waals surface area contributed by atoms with Crippen LogP contribution in [0.3, 0.4) is 0 Å². The van der Waals surface area contributed by atoms with Gasteiger partial charge in [-0.15, -0.1) is 11.3 Å². The van der Waals surface area contributed by atoms with Gasteiger partial charge in [-0.25, -0.2) is 9.97 Å². The number of anilines is 3. The second kappa shape index (κ2) is 7.35. The van der Waals surface area contributed by atoms with Crippen LogP contribution in [0.2, 0.25) is 0 Å². The van der Waals surface area contributed by atoms with E-state index in [0.717, 1.165) is 34.3 Å². The Kier molecular flexibility index (Phi) is 4.74. The van der Waals surface area contributed by atoms with E-state index in [0.29, 0.717) is 12.4 Å². The molecule has 0 saturated carbocycles. The number of thiazole rings is 1. The SMILES string of the molecule is CC1=NCCN1c1ccc([N+](=O)[O-])c(Nc2ccc(-c3csc(C)n3)cc2)n1. The first kappa shape index (κ1) is 18.1. The van der Waals surface area contributed by atoms with Gasteiger partial charge in [0.25, 0.3) is 0 Å². The van der Waals surface area contributed by atoms with Crippen molar-refractivity contribution in [1.82, 2.24) is 9.97 Å². The van der Waals surface area contributed by atoms with Crippen molar-refractivity contribution in [2.75, 3.05) is 23.3 Å². The van der Waals surface area contributed by atoms with Gasteiger partial charge in [0.1, 0.15) is 11.7 Å². The Balaban J connectivity index is 1.62. The molecule has 3 heterocycles. The minimum atomic E-state index is -0.434. The van der Waals surface area contributed by atoms with Gasteiger partial charge in [0.15, 0.2) is 0 Å². The molecule has 1 aliphatic heterocycles. The summed E-state index contributed by atoms with van der Waals surface area (Å²) in [6.07, 6.45) is 0. The van der Waals surface area contributed by atoms with Crippen molar-refractivity contribution < 1.29 is 4.92 Å². The molecular weight excluding hydrogens is 376 g/mol. The number of rotatable bonds is 5. The number of nitrogens with zero attached hydrogens (tertiary/aromatic N) is 5. The van der Waals surface area contributed by atoms with E-state index in [9.17, 15) is 10.1 Å². The average molecular weight is 394 g/mol. The third-order valence-corrected chi connectivity index (χ3v) is 5.22. The second-order valence-electron chi connectivity index (χ2n) is 6.33. The van der Waals surface area contributed by atoms with Crippen LogP contribution in [0.1, 0.15) is 11.9 Å². The van der Waals surface area contributed by atoms with E-state index in [4.69, 9.17) is 0 Å². The van der Waals surface area contributed by atoms with Crippen molar-refractivity contribution in [2.45, 2.75) is 13.8 Å². The molecule has 28 heavy (non-hydrogen) atoms. The molecule has 3 aromatic rings. The fourth-order valence-electron chi connectivity index (χ4n) is 3.03. The quantitative estimate of drug-likeness (QED) is 0.509. The summed E-state index contributed by atoms with van der Waals surface area (Å²) in [5, 5.41) is 17.5. The first-order valence-corrected chi connectivity index (χ1v) is 9.63. The fourth-order valence-corrected chi connectivity index (χ4v) is 3.65. The summed E-state index contributed by atoms with van der Waals surface area (Å²) in [6.45, 7) is 5.29. The fraction of sp³-hybridized carbons (Fsp3) is 0.211. The van der Waals surface area contributed by atoms with Gasteiger partial charge in [0, 0.05) is 29.2 Å². The lowest BCUT2D eigenvalue weighted by Gasteiger charge is -2.18. The summed E-state index contributed by atoms with van der Waals surface area (Å²) >= 11 is 1.60. The summed E-state index contributed by atoms with van der Waals surface area (Å²) in [5.74, 6) is 1.70. The Labute approximate surface area is 165 Å². The van der Waals surface area contributed by atoms with Gasteiger partial charge < -0.3 is 10.2 Å². The Bertz CT molecular complexity index is 1060. The summed E-state index contributed by atoms with van der Waals surface area (Å²) in [5.41, 5.74) is 2.56. The Hall–Kier alpha value is -3.33. The van der Waals surface area contributed by atoms with Gasteiger partial charge in [0.05, 0.1) is 22.2 Å². The van der Waals surface area contributed by atoms with Crippen LogP contribution in [0.5, 0.6) is 0 Å². The molecule has 0 atom stereocenters. The molecule has 0 fully saturated rings. The summed E-state index contributed by atoms with van der Waals surface area (Å²) in [6, 6.07) is 10.7. The molecule has 0 aliphatic carbocycles.